The van der Waals surface area contributed by atoms with Crippen LogP contribution in [-0.4, -0.2) is 57.2 Å². The van der Waals surface area contributed by atoms with E-state index < -0.39 is 0 Å². The van der Waals surface area contributed by atoms with Crippen LogP contribution in [-0.2, 0) is 9.53 Å². The highest BCUT2D eigenvalue weighted by molar-refractivity contribution is 5.96. The van der Waals surface area contributed by atoms with Gasteiger partial charge in [0.25, 0.3) is 5.91 Å². The third kappa shape index (κ3) is 4.77. The average molecular weight is 396 g/mol. The molecule has 0 saturated carbocycles. The molecular formula is C23H28N2O4. The fourth-order valence-corrected chi connectivity index (χ4v) is 3.81. The highest BCUT2D eigenvalue weighted by atomic mass is 16.5. The quantitative estimate of drug-likeness (QED) is 0.731. The van der Waals surface area contributed by atoms with E-state index in [9.17, 15) is 9.59 Å². The van der Waals surface area contributed by atoms with Gasteiger partial charge >= 0.3 is 0 Å². The predicted molar refractivity (Wildman–Crippen MR) is 111 cm³/mol. The first-order valence-electron chi connectivity index (χ1n) is 9.80. The number of likely N-dealkylation sites (tertiary alicyclic amines) is 1. The van der Waals surface area contributed by atoms with Gasteiger partial charge in [-0.3, -0.25) is 9.59 Å². The zero-order valence-electron chi connectivity index (χ0n) is 17.2. The maximum absolute atomic E-state index is 13.1. The Labute approximate surface area is 171 Å². The normalized spacial score (nSPS) is 18.5. The number of carbonyl (C=O) groups is 2. The topological polar surface area (TPSA) is 67.9 Å². The first-order chi connectivity index (χ1) is 14.0. The second-order valence-electron chi connectivity index (χ2n) is 7.30. The Hall–Kier alpha value is -2.86. The molecule has 0 bridgehead atoms. The van der Waals surface area contributed by atoms with Crippen LogP contribution < -0.4 is 10.1 Å². The summed E-state index contributed by atoms with van der Waals surface area (Å²) in [6.45, 7) is 3.73. The molecule has 0 unspecified atom stereocenters. The fraction of sp³-hybridized carbons (Fsp3) is 0.391. The zero-order chi connectivity index (χ0) is 20.8. The van der Waals surface area contributed by atoms with Gasteiger partial charge in [-0.05, 0) is 36.2 Å². The summed E-state index contributed by atoms with van der Waals surface area (Å²) in [5, 5.41) is 2.93. The lowest BCUT2D eigenvalue weighted by Crippen LogP contribution is -2.37. The van der Waals surface area contributed by atoms with Gasteiger partial charge in [-0.25, -0.2) is 0 Å². The Morgan fingerprint density at radius 2 is 1.79 bits per heavy atom. The first kappa shape index (κ1) is 20.9. The SMILES string of the molecule is COCCNC(=O)[C@@H]1CN(C(=O)c2ccccc2C)C[C@H]1c1ccc(OC)cc1. The number of hydrogen-bond donors (Lipinski definition) is 1. The second kappa shape index (κ2) is 9.56. The van der Waals surface area contributed by atoms with Gasteiger partial charge in [-0.1, -0.05) is 30.3 Å². The lowest BCUT2D eigenvalue weighted by Gasteiger charge is -2.18. The third-order valence-electron chi connectivity index (χ3n) is 5.47. The van der Waals surface area contributed by atoms with Crippen LogP contribution in [0, 0.1) is 12.8 Å². The molecule has 2 aromatic carbocycles. The Balaban J connectivity index is 1.83. The lowest BCUT2D eigenvalue weighted by molar-refractivity contribution is -0.125. The van der Waals surface area contributed by atoms with Crippen molar-refractivity contribution < 1.29 is 19.1 Å². The van der Waals surface area contributed by atoms with Gasteiger partial charge in [0, 0.05) is 38.2 Å². The van der Waals surface area contributed by atoms with Crippen molar-refractivity contribution in [2.75, 3.05) is 40.5 Å². The molecule has 1 N–H and O–H groups in total. The van der Waals surface area contributed by atoms with Gasteiger partial charge in [0.15, 0.2) is 0 Å². The van der Waals surface area contributed by atoms with E-state index in [4.69, 9.17) is 9.47 Å². The van der Waals surface area contributed by atoms with E-state index in [0.717, 1.165) is 16.9 Å². The molecule has 1 saturated heterocycles. The summed E-state index contributed by atoms with van der Waals surface area (Å²) in [5.74, 6) is 0.294. The molecule has 1 aliphatic heterocycles. The van der Waals surface area contributed by atoms with Crippen LogP contribution in [0.15, 0.2) is 48.5 Å². The van der Waals surface area contributed by atoms with Crippen molar-refractivity contribution in [3.05, 3.63) is 65.2 Å². The summed E-state index contributed by atoms with van der Waals surface area (Å²) in [4.78, 5) is 27.8. The largest absolute Gasteiger partial charge is 0.497 e. The molecule has 0 radical (unpaired) electrons. The molecule has 1 fully saturated rings. The maximum atomic E-state index is 13.1. The van der Waals surface area contributed by atoms with Gasteiger partial charge in [0.1, 0.15) is 5.75 Å². The number of ether oxygens (including phenoxy) is 2. The Morgan fingerprint density at radius 3 is 2.45 bits per heavy atom. The van der Waals surface area contributed by atoms with Crippen LogP contribution in [0.2, 0.25) is 0 Å². The standard InChI is InChI=1S/C23H28N2O4/c1-16-6-4-5-7-19(16)23(27)25-14-20(17-8-10-18(29-3)11-9-17)21(15-25)22(26)24-12-13-28-2/h4-11,20-21H,12-15H2,1-3H3,(H,24,26)/t20-,21+/m0/s1. The Kier molecular flexibility index (Phi) is 6.88. The third-order valence-corrected chi connectivity index (χ3v) is 5.47. The van der Waals surface area contributed by atoms with E-state index in [1.165, 1.54) is 0 Å². The molecule has 6 heteroatoms. The Bertz CT molecular complexity index is 850. The maximum Gasteiger partial charge on any atom is 0.254 e. The van der Waals surface area contributed by atoms with Gasteiger partial charge in [0.2, 0.25) is 5.91 Å². The van der Waals surface area contributed by atoms with Crippen LogP contribution in [0.3, 0.4) is 0 Å². The molecule has 0 aromatic heterocycles. The second-order valence-corrected chi connectivity index (χ2v) is 7.30. The molecule has 1 aliphatic rings. The van der Waals surface area contributed by atoms with Crippen molar-refractivity contribution in [1.29, 1.82) is 0 Å². The molecule has 0 spiro atoms. The van der Waals surface area contributed by atoms with E-state index in [2.05, 4.69) is 5.32 Å². The summed E-state index contributed by atoms with van der Waals surface area (Å²) < 4.78 is 10.3. The summed E-state index contributed by atoms with van der Waals surface area (Å²) in [7, 11) is 3.23. The van der Waals surface area contributed by atoms with Crippen molar-refractivity contribution in [2.24, 2.45) is 5.92 Å². The number of aryl methyl sites for hydroxylation is 1. The fourth-order valence-electron chi connectivity index (χ4n) is 3.81. The molecule has 2 aromatic rings. The smallest absolute Gasteiger partial charge is 0.254 e. The van der Waals surface area contributed by atoms with Crippen molar-refractivity contribution in [3.8, 4) is 5.75 Å². The van der Waals surface area contributed by atoms with Crippen molar-refractivity contribution in [3.63, 3.8) is 0 Å². The molecule has 2 amide bonds. The van der Waals surface area contributed by atoms with Crippen molar-refractivity contribution >= 4 is 11.8 Å². The van der Waals surface area contributed by atoms with Crippen LogP contribution in [0.4, 0.5) is 0 Å². The molecule has 154 valence electrons. The van der Waals surface area contributed by atoms with Gasteiger partial charge < -0.3 is 19.7 Å². The lowest BCUT2D eigenvalue weighted by atomic mass is 9.88. The number of hydrogen-bond acceptors (Lipinski definition) is 4. The van der Waals surface area contributed by atoms with Crippen LogP contribution in [0.25, 0.3) is 0 Å². The first-order valence-corrected chi connectivity index (χ1v) is 9.80. The number of benzene rings is 2. The summed E-state index contributed by atoms with van der Waals surface area (Å²) >= 11 is 0. The minimum Gasteiger partial charge on any atom is -0.497 e. The molecule has 3 rings (SSSR count). The molecule has 0 aliphatic carbocycles. The predicted octanol–water partition coefficient (Wildman–Crippen LogP) is 2.62. The van der Waals surface area contributed by atoms with E-state index in [0.29, 0.717) is 31.8 Å². The number of nitrogens with one attached hydrogen (secondary N) is 1. The molecular weight excluding hydrogens is 368 g/mol. The van der Waals surface area contributed by atoms with Gasteiger partial charge in [-0.2, -0.15) is 0 Å². The van der Waals surface area contributed by atoms with Gasteiger partial charge in [-0.15, -0.1) is 0 Å². The van der Waals surface area contributed by atoms with Crippen molar-refractivity contribution in [1.82, 2.24) is 10.2 Å². The minimum atomic E-state index is -0.312. The van der Waals surface area contributed by atoms with E-state index in [1.807, 2.05) is 55.5 Å². The summed E-state index contributed by atoms with van der Waals surface area (Å²) in [6.07, 6.45) is 0. The van der Waals surface area contributed by atoms with E-state index in [-0.39, 0.29) is 23.7 Å². The minimum absolute atomic E-state index is 0.0335. The Morgan fingerprint density at radius 1 is 1.07 bits per heavy atom. The van der Waals surface area contributed by atoms with E-state index in [1.54, 1.807) is 19.1 Å². The number of methoxy groups -OCH3 is 2. The van der Waals surface area contributed by atoms with Crippen LogP contribution in [0.1, 0.15) is 27.4 Å². The molecule has 2 atom stereocenters. The molecule has 1 heterocycles. The highest BCUT2D eigenvalue weighted by Crippen LogP contribution is 2.34. The molecule has 6 nitrogen and oxygen atoms in total. The average Bonchev–Trinajstić information content (AvgIpc) is 3.19. The van der Waals surface area contributed by atoms with Gasteiger partial charge in [0.05, 0.1) is 19.6 Å². The van der Waals surface area contributed by atoms with Crippen LogP contribution in [0.5, 0.6) is 5.75 Å². The van der Waals surface area contributed by atoms with Crippen molar-refractivity contribution in [2.45, 2.75) is 12.8 Å². The number of amides is 2. The van der Waals surface area contributed by atoms with E-state index >= 15 is 0 Å². The van der Waals surface area contributed by atoms with Crippen LogP contribution >= 0.6 is 0 Å². The monoisotopic (exact) mass is 396 g/mol. The zero-order valence-corrected chi connectivity index (χ0v) is 17.2. The highest BCUT2D eigenvalue weighted by Gasteiger charge is 2.40. The number of carbonyl (C=O) groups excluding carboxylic acids is 2. The number of rotatable bonds is 7. The number of nitrogens with zero attached hydrogens (tertiary/aromatic N) is 1. The molecule has 29 heavy (non-hydrogen) atoms. The summed E-state index contributed by atoms with van der Waals surface area (Å²) in [5.41, 5.74) is 2.64. The summed E-state index contributed by atoms with van der Waals surface area (Å²) in [6, 6.07) is 15.3.